The number of aryl methyl sites for hydroxylation is 1. The molecule has 24 heavy (non-hydrogen) atoms. The predicted octanol–water partition coefficient (Wildman–Crippen LogP) is 4.05. The van der Waals surface area contributed by atoms with Crippen molar-refractivity contribution in [3.05, 3.63) is 47.4 Å². The van der Waals surface area contributed by atoms with Gasteiger partial charge in [-0.15, -0.1) is 0 Å². The van der Waals surface area contributed by atoms with E-state index in [2.05, 4.69) is 35.6 Å². The van der Waals surface area contributed by atoms with Crippen molar-refractivity contribution in [2.24, 2.45) is 5.92 Å². The number of fused-ring (bicyclic) bond motifs is 1. The average molecular weight is 340 g/mol. The Kier molecular flexibility index (Phi) is 5.14. The molecule has 4 heteroatoms. The van der Waals surface area contributed by atoms with Gasteiger partial charge in [0, 0.05) is 22.6 Å². The zero-order valence-electron chi connectivity index (χ0n) is 14.1. The van der Waals surface area contributed by atoms with Gasteiger partial charge in [0.15, 0.2) is 0 Å². The summed E-state index contributed by atoms with van der Waals surface area (Å²) in [5, 5.41) is 4.65. The quantitative estimate of drug-likeness (QED) is 0.853. The van der Waals surface area contributed by atoms with E-state index in [-0.39, 0.29) is 0 Å². The summed E-state index contributed by atoms with van der Waals surface area (Å²) in [4.78, 5) is 11.2. The number of aromatic nitrogens is 2. The summed E-state index contributed by atoms with van der Waals surface area (Å²) in [7, 11) is 0. The highest BCUT2D eigenvalue weighted by molar-refractivity contribution is 7.99. The molecule has 2 aromatic rings. The van der Waals surface area contributed by atoms with Crippen molar-refractivity contribution in [3.8, 4) is 0 Å². The van der Waals surface area contributed by atoms with Gasteiger partial charge in [0.25, 0.3) is 0 Å². The molecule has 0 spiro atoms. The van der Waals surface area contributed by atoms with Gasteiger partial charge in [0.2, 0.25) is 0 Å². The molecule has 0 bridgehead atoms. The number of rotatable bonds is 4. The molecule has 1 aromatic carbocycles. The Labute approximate surface area is 148 Å². The molecular formula is C20H25N3S. The molecular weight excluding hydrogens is 314 g/mol. The van der Waals surface area contributed by atoms with Crippen molar-refractivity contribution in [2.75, 3.05) is 13.1 Å². The minimum atomic E-state index is 0.738. The zero-order chi connectivity index (χ0) is 16.2. The molecule has 1 aliphatic carbocycles. The molecule has 0 atom stereocenters. The Bertz CT molecular complexity index is 681. The van der Waals surface area contributed by atoms with Crippen LogP contribution >= 0.6 is 11.8 Å². The van der Waals surface area contributed by atoms with Gasteiger partial charge in [-0.05, 0) is 69.7 Å². The van der Waals surface area contributed by atoms with Crippen LogP contribution in [0.25, 0.3) is 0 Å². The van der Waals surface area contributed by atoms with Gasteiger partial charge in [-0.1, -0.05) is 30.0 Å². The maximum Gasteiger partial charge on any atom is 0.130 e. The molecule has 4 rings (SSSR count). The first-order chi connectivity index (χ1) is 11.9. The van der Waals surface area contributed by atoms with E-state index < -0.39 is 0 Å². The van der Waals surface area contributed by atoms with Crippen LogP contribution in [-0.2, 0) is 19.3 Å². The summed E-state index contributed by atoms with van der Waals surface area (Å²) in [6.45, 7) is 2.28. The van der Waals surface area contributed by atoms with E-state index in [9.17, 15) is 0 Å². The van der Waals surface area contributed by atoms with E-state index >= 15 is 0 Å². The lowest BCUT2D eigenvalue weighted by Gasteiger charge is -2.23. The van der Waals surface area contributed by atoms with Crippen LogP contribution in [0.5, 0.6) is 0 Å². The molecule has 0 amide bonds. The van der Waals surface area contributed by atoms with Crippen molar-refractivity contribution in [3.63, 3.8) is 0 Å². The van der Waals surface area contributed by atoms with Gasteiger partial charge in [-0.25, -0.2) is 9.97 Å². The second-order valence-corrected chi connectivity index (χ2v) is 7.95. The number of piperidine rings is 1. The molecule has 1 aromatic heterocycles. The summed E-state index contributed by atoms with van der Waals surface area (Å²) in [6.07, 6.45) is 8.34. The molecule has 2 aliphatic rings. The molecule has 3 nitrogen and oxygen atoms in total. The zero-order valence-corrected chi connectivity index (χ0v) is 14.9. The van der Waals surface area contributed by atoms with Gasteiger partial charge < -0.3 is 5.32 Å². The second-order valence-electron chi connectivity index (χ2n) is 6.89. The lowest BCUT2D eigenvalue weighted by atomic mass is 9.93. The van der Waals surface area contributed by atoms with Crippen molar-refractivity contribution >= 4 is 11.8 Å². The fourth-order valence-electron chi connectivity index (χ4n) is 3.73. The molecule has 1 N–H and O–H groups in total. The third kappa shape index (κ3) is 3.81. The molecule has 1 saturated heterocycles. The average Bonchev–Trinajstić information content (AvgIpc) is 2.63. The van der Waals surface area contributed by atoms with Crippen LogP contribution in [-0.4, -0.2) is 23.1 Å². The summed E-state index contributed by atoms with van der Waals surface area (Å²) < 4.78 is 0. The van der Waals surface area contributed by atoms with Crippen LogP contribution in [0.2, 0.25) is 0 Å². The maximum atomic E-state index is 5.01. The van der Waals surface area contributed by atoms with Gasteiger partial charge in [0.05, 0.1) is 0 Å². The highest BCUT2D eigenvalue weighted by Gasteiger charge is 2.21. The standard InChI is InChI=1S/C20H25N3S/c1-2-6-16(7-3-1)24-20-17-8-4-5-9-18(17)22-19(23-20)14-15-10-12-21-13-11-15/h1-3,6-7,15,21H,4-5,8-14H2. The van der Waals surface area contributed by atoms with Crippen LogP contribution in [0, 0.1) is 5.92 Å². The van der Waals surface area contributed by atoms with E-state index in [4.69, 9.17) is 9.97 Å². The van der Waals surface area contributed by atoms with Crippen molar-refractivity contribution in [2.45, 2.75) is 54.9 Å². The molecule has 0 unspecified atom stereocenters. The Balaban J connectivity index is 1.61. The summed E-state index contributed by atoms with van der Waals surface area (Å²) >= 11 is 1.81. The Morgan fingerprint density at radius 1 is 1.00 bits per heavy atom. The molecule has 1 fully saturated rings. The first-order valence-electron chi connectivity index (χ1n) is 9.21. The first kappa shape index (κ1) is 16.1. The molecule has 0 radical (unpaired) electrons. The van der Waals surface area contributed by atoms with E-state index in [0.29, 0.717) is 0 Å². The van der Waals surface area contributed by atoms with Gasteiger partial charge in [-0.2, -0.15) is 0 Å². The van der Waals surface area contributed by atoms with Crippen molar-refractivity contribution in [1.82, 2.24) is 15.3 Å². The van der Waals surface area contributed by atoms with Crippen molar-refractivity contribution in [1.29, 1.82) is 0 Å². The lowest BCUT2D eigenvalue weighted by Crippen LogP contribution is -2.29. The predicted molar refractivity (Wildman–Crippen MR) is 98.5 cm³/mol. The molecule has 0 saturated carbocycles. The summed E-state index contributed by atoms with van der Waals surface area (Å²) in [5.74, 6) is 1.81. The maximum absolute atomic E-state index is 5.01. The summed E-state index contributed by atoms with van der Waals surface area (Å²) in [5.41, 5.74) is 2.72. The van der Waals surface area contributed by atoms with Crippen LogP contribution in [0.15, 0.2) is 40.3 Å². The molecule has 2 heterocycles. The van der Waals surface area contributed by atoms with Gasteiger partial charge in [-0.3, -0.25) is 0 Å². The minimum absolute atomic E-state index is 0.738. The van der Waals surface area contributed by atoms with Crippen LogP contribution in [0.4, 0.5) is 0 Å². The van der Waals surface area contributed by atoms with Crippen LogP contribution in [0.3, 0.4) is 0 Å². The fourth-order valence-corrected chi connectivity index (χ4v) is 4.74. The number of hydrogen-bond donors (Lipinski definition) is 1. The highest BCUT2D eigenvalue weighted by atomic mass is 32.2. The number of nitrogens with zero attached hydrogens (tertiary/aromatic N) is 2. The number of hydrogen-bond acceptors (Lipinski definition) is 4. The van der Waals surface area contributed by atoms with E-state index in [1.54, 1.807) is 0 Å². The lowest BCUT2D eigenvalue weighted by molar-refractivity contribution is 0.365. The number of nitrogens with one attached hydrogen (secondary N) is 1. The second kappa shape index (κ2) is 7.66. The SMILES string of the molecule is c1ccc(Sc2nc(CC3CCNCC3)nc3c2CCCC3)cc1. The third-order valence-corrected chi connectivity index (χ3v) is 6.12. The Morgan fingerprint density at radius 2 is 1.79 bits per heavy atom. The molecule has 126 valence electrons. The van der Waals surface area contributed by atoms with Crippen LogP contribution < -0.4 is 5.32 Å². The van der Waals surface area contributed by atoms with Crippen LogP contribution in [0.1, 0.15) is 42.8 Å². The fraction of sp³-hybridized carbons (Fsp3) is 0.500. The van der Waals surface area contributed by atoms with Gasteiger partial charge in [0.1, 0.15) is 10.9 Å². The first-order valence-corrected chi connectivity index (χ1v) is 10.0. The van der Waals surface area contributed by atoms with Gasteiger partial charge >= 0.3 is 0 Å². The minimum Gasteiger partial charge on any atom is -0.317 e. The highest BCUT2D eigenvalue weighted by Crippen LogP contribution is 2.33. The third-order valence-electron chi connectivity index (χ3n) is 5.08. The topological polar surface area (TPSA) is 37.8 Å². The van der Waals surface area contributed by atoms with E-state index in [1.807, 2.05) is 11.8 Å². The van der Waals surface area contributed by atoms with E-state index in [0.717, 1.165) is 44.1 Å². The summed E-state index contributed by atoms with van der Waals surface area (Å²) in [6, 6.07) is 10.6. The largest absolute Gasteiger partial charge is 0.317 e. The number of benzene rings is 1. The van der Waals surface area contributed by atoms with E-state index in [1.165, 1.54) is 46.9 Å². The normalized spacial score (nSPS) is 18.3. The molecule has 1 aliphatic heterocycles. The Hall–Kier alpha value is -1.39. The monoisotopic (exact) mass is 339 g/mol. The smallest absolute Gasteiger partial charge is 0.130 e. The Morgan fingerprint density at radius 3 is 2.62 bits per heavy atom. The van der Waals surface area contributed by atoms with Crippen molar-refractivity contribution < 1.29 is 0 Å².